The van der Waals surface area contributed by atoms with E-state index in [0.717, 1.165) is 13.0 Å². The summed E-state index contributed by atoms with van der Waals surface area (Å²) in [5.74, 6) is -0.124. The van der Waals surface area contributed by atoms with Crippen molar-refractivity contribution in [3.8, 4) is 5.88 Å². The first-order chi connectivity index (χ1) is 10.8. The van der Waals surface area contributed by atoms with Crippen molar-refractivity contribution in [2.75, 3.05) is 13.2 Å². The van der Waals surface area contributed by atoms with Gasteiger partial charge in [-0.25, -0.2) is 9.97 Å². The van der Waals surface area contributed by atoms with E-state index in [1.807, 2.05) is 12.2 Å². The van der Waals surface area contributed by atoms with Crippen molar-refractivity contribution in [2.24, 2.45) is 0 Å². The standard InChI is InChI=1S/C15H20N4O3/c1-2-3-4-7-21-8-11-5-6-12(22-11)19-10-18-13-14(19)16-9-17-15(13)20/h5-6,9-12H,2-4,7-8H2,1H3,(H,16,17,20)/t11-,12+/m0/s1. The summed E-state index contributed by atoms with van der Waals surface area (Å²) in [5, 5.41) is 9.66. The van der Waals surface area contributed by atoms with E-state index < -0.39 is 0 Å². The molecule has 1 aliphatic rings. The molecule has 0 aromatic carbocycles. The Morgan fingerprint density at radius 2 is 2.18 bits per heavy atom. The van der Waals surface area contributed by atoms with Gasteiger partial charge in [-0.05, 0) is 12.5 Å². The molecule has 3 rings (SSSR count). The summed E-state index contributed by atoms with van der Waals surface area (Å²) in [7, 11) is 0. The lowest BCUT2D eigenvalue weighted by Gasteiger charge is -2.15. The summed E-state index contributed by atoms with van der Waals surface area (Å²) >= 11 is 0. The first-order valence-electron chi connectivity index (χ1n) is 7.57. The van der Waals surface area contributed by atoms with Crippen molar-refractivity contribution >= 4 is 11.2 Å². The van der Waals surface area contributed by atoms with Gasteiger partial charge in [0.25, 0.3) is 0 Å². The van der Waals surface area contributed by atoms with Gasteiger partial charge >= 0.3 is 0 Å². The topological polar surface area (TPSA) is 82.3 Å². The molecule has 1 N–H and O–H groups in total. The molecule has 2 atom stereocenters. The second-order valence-corrected chi connectivity index (χ2v) is 5.25. The number of aromatic nitrogens is 4. The average Bonchev–Trinajstić information content (AvgIpc) is 3.14. The molecule has 0 radical (unpaired) electrons. The number of fused-ring (bicyclic) bond motifs is 1. The van der Waals surface area contributed by atoms with Crippen LogP contribution in [0.15, 0.2) is 24.8 Å². The molecule has 0 bridgehead atoms. The predicted molar refractivity (Wildman–Crippen MR) is 80.4 cm³/mol. The van der Waals surface area contributed by atoms with E-state index in [1.165, 1.54) is 19.2 Å². The van der Waals surface area contributed by atoms with Crippen LogP contribution in [0.25, 0.3) is 11.2 Å². The van der Waals surface area contributed by atoms with Crippen molar-refractivity contribution in [3.05, 3.63) is 24.8 Å². The Labute approximate surface area is 128 Å². The molecular weight excluding hydrogens is 284 g/mol. The molecule has 2 aromatic heterocycles. The second kappa shape index (κ2) is 6.85. The normalized spacial score (nSPS) is 21.0. The van der Waals surface area contributed by atoms with E-state index in [1.54, 1.807) is 10.9 Å². The van der Waals surface area contributed by atoms with Gasteiger partial charge in [0.15, 0.2) is 17.4 Å². The quantitative estimate of drug-likeness (QED) is 0.623. The summed E-state index contributed by atoms with van der Waals surface area (Å²) in [6, 6.07) is 0. The Balaban J connectivity index is 1.58. The van der Waals surface area contributed by atoms with E-state index in [4.69, 9.17) is 9.47 Å². The van der Waals surface area contributed by atoms with E-state index in [-0.39, 0.29) is 18.2 Å². The smallest absolute Gasteiger partial charge is 0.242 e. The van der Waals surface area contributed by atoms with E-state index in [9.17, 15) is 5.11 Å². The Kier molecular flexibility index (Phi) is 4.65. The van der Waals surface area contributed by atoms with Crippen LogP contribution >= 0.6 is 0 Å². The number of unbranched alkanes of at least 4 members (excludes halogenated alkanes) is 2. The molecule has 0 fully saturated rings. The van der Waals surface area contributed by atoms with Crippen molar-refractivity contribution in [2.45, 2.75) is 38.5 Å². The van der Waals surface area contributed by atoms with Crippen molar-refractivity contribution < 1.29 is 14.6 Å². The molecule has 0 saturated carbocycles. The Morgan fingerprint density at radius 1 is 1.27 bits per heavy atom. The van der Waals surface area contributed by atoms with Gasteiger partial charge in [-0.1, -0.05) is 25.8 Å². The van der Waals surface area contributed by atoms with Gasteiger partial charge in [0.05, 0.1) is 12.9 Å². The number of hydrogen-bond donors (Lipinski definition) is 1. The van der Waals surface area contributed by atoms with Gasteiger partial charge in [-0.2, -0.15) is 4.98 Å². The number of hydrogen-bond acceptors (Lipinski definition) is 6. The highest BCUT2D eigenvalue weighted by Gasteiger charge is 2.23. The van der Waals surface area contributed by atoms with Crippen LogP contribution in [0.3, 0.4) is 0 Å². The summed E-state index contributed by atoms with van der Waals surface area (Å²) in [6.45, 7) is 3.48. The molecule has 22 heavy (non-hydrogen) atoms. The fraction of sp³-hybridized carbons (Fsp3) is 0.533. The molecule has 2 aromatic rings. The second-order valence-electron chi connectivity index (χ2n) is 5.25. The number of ether oxygens (including phenoxy) is 2. The van der Waals surface area contributed by atoms with Crippen molar-refractivity contribution in [1.29, 1.82) is 0 Å². The monoisotopic (exact) mass is 304 g/mol. The largest absolute Gasteiger partial charge is 0.492 e. The molecule has 0 unspecified atom stereocenters. The summed E-state index contributed by atoms with van der Waals surface area (Å²) in [6.07, 6.45) is 9.93. The first-order valence-corrected chi connectivity index (χ1v) is 7.57. The van der Waals surface area contributed by atoms with Gasteiger partial charge < -0.3 is 14.6 Å². The molecule has 0 amide bonds. The lowest BCUT2D eigenvalue weighted by atomic mass is 10.3. The molecule has 1 aliphatic heterocycles. The highest BCUT2D eigenvalue weighted by molar-refractivity contribution is 5.75. The van der Waals surface area contributed by atoms with Crippen LogP contribution < -0.4 is 0 Å². The lowest BCUT2D eigenvalue weighted by molar-refractivity contribution is -0.0279. The van der Waals surface area contributed by atoms with E-state index >= 15 is 0 Å². The molecule has 0 aliphatic carbocycles. The zero-order valence-corrected chi connectivity index (χ0v) is 12.6. The predicted octanol–water partition coefficient (Wildman–Crippen LogP) is 2.19. The number of nitrogens with zero attached hydrogens (tertiary/aromatic N) is 4. The Morgan fingerprint density at radius 3 is 3.05 bits per heavy atom. The maximum absolute atomic E-state index is 9.66. The third-order valence-corrected chi connectivity index (χ3v) is 3.59. The summed E-state index contributed by atoms with van der Waals surface area (Å²) < 4.78 is 13.3. The van der Waals surface area contributed by atoms with Crippen molar-refractivity contribution in [3.63, 3.8) is 0 Å². The molecule has 0 saturated heterocycles. The molecular formula is C15H20N4O3. The van der Waals surface area contributed by atoms with Gasteiger partial charge in [0.1, 0.15) is 12.4 Å². The highest BCUT2D eigenvalue weighted by atomic mass is 16.5. The molecule has 0 spiro atoms. The van der Waals surface area contributed by atoms with Crippen LogP contribution in [0.5, 0.6) is 5.88 Å². The molecule has 118 valence electrons. The lowest BCUT2D eigenvalue weighted by Crippen LogP contribution is -2.17. The molecule has 7 nitrogen and oxygen atoms in total. The summed E-state index contributed by atoms with van der Waals surface area (Å²) in [4.78, 5) is 12.0. The minimum atomic E-state index is -0.288. The van der Waals surface area contributed by atoms with Crippen LogP contribution in [0.2, 0.25) is 0 Å². The maximum atomic E-state index is 9.66. The number of rotatable bonds is 7. The third kappa shape index (κ3) is 3.10. The van der Waals surface area contributed by atoms with Crippen LogP contribution in [0, 0.1) is 0 Å². The van der Waals surface area contributed by atoms with Crippen LogP contribution in [0.1, 0.15) is 32.4 Å². The number of aromatic hydroxyl groups is 1. The number of imidazole rings is 1. The zero-order chi connectivity index (χ0) is 15.4. The SMILES string of the molecule is CCCCCOC[C@@H]1C=C[C@H](n2cnc3c(O)ncnc32)O1. The fourth-order valence-electron chi connectivity index (χ4n) is 2.42. The van der Waals surface area contributed by atoms with E-state index in [2.05, 4.69) is 21.9 Å². The zero-order valence-electron chi connectivity index (χ0n) is 12.6. The van der Waals surface area contributed by atoms with Crippen molar-refractivity contribution in [1.82, 2.24) is 19.5 Å². The average molecular weight is 304 g/mol. The fourth-order valence-corrected chi connectivity index (χ4v) is 2.42. The molecule has 7 heteroatoms. The van der Waals surface area contributed by atoms with Crippen LogP contribution in [-0.2, 0) is 9.47 Å². The Hall–Kier alpha value is -1.99. The van der Waals surface area contributed by atoms with Gasteiger partial charge in [0, 0.05) is 6.61 Å². The molecule has 3 heterocycles. The minimum Gasteiger partial charge on any atom is -0.492 e. The maximum Gasteiger partial charge on any atom is 0.242 e. The van der Waals surface area contributed by atoms with Crippen LogP contribution in [0.4, 0.5) is 0 Å². The van der Waals surface area contributed by atoms with Crippen LogP contribution in [-0.4, -0.2) is 43.9 Å². The summed E-state index contributed by atoms with van der Waals surface area (Å²) in [5.41, 5.74) is 0.922. The third-order valence-electron chi connectivity index (χ3n) is 3.59. The minimum absolute atomic E-state index is 0.0699. The van der Waals surface area contributed by atoms with Gasteiger partial charge in [-0.15, -0.1) is 0 Å². The van der Waals surface area contributed by atoms with E-state index in [0.29, 0.717) is 17.8 Å². The first kappa shape index (κ1) is 14.9. The highest BCUT2D eigenvalue weighted by Crippen LogP contribution is 2.26. The Bertz CT molecular complexity index is 655. The van der Waals surface area contributed by atoms with Gasteiger partial charge in [-0.3, -0.25) is 4.57 Å². The van der Waals surface area contributed by atoms with Gasteiger partial charge in [0.2, 0.25) is 5.88 Å².